The van der Waals surface area contributed by atoms with E-state index in [0.29, 0.717) is 5.69 Å². The molecule has 8 heteroatoms. The Kier molecular flexibility index (Phi) is 4.97. The number of hydrogen-bond donors (Lipinski definition) is 1. The Balaban J connectivity index is 1.33. The van der Waals surface area contributed by atoms with Gasteiger partial charge in [-0.25, -0.2) is 9.97 Å². The molecule has 1 N–H and O–H groups in total. The van der Waals surface area contributed by atoms with Gasteiger partial charge in [0.05, 0.1) is 23.4 Å². The molecule has 0 unspecified atom stereocenters. The third-order valence-corrected chi connectivity index (χ3v) is 6.64. The second-order valence-corrected chi connectivity index (χ2v) is 8.50. The Labute approximate surface area is 175 Å². The molecule has 146 valence electrons. The summed E-state index contributed by atoms with van der Waals surface area (Å²) in [7, 11) is 0. The second-order valence-electron chi connectivity index (χ2n) is 6.64. The van der Waals surface area contributed by atoms with Crippen molar-refractivity contribution in [2.24, 2.45) is 0 Å². The van der Waals surface area contributed by atoms with E-state index in [9.17, 15) is 4.79 Å². The number of rotatable bonds is 4. The van der Waals surface area contributed by atoms with Crippen LogP contribution in [0.4, 0.5) is 10.8 Å². The Morgan fingerprint density at radius 3 is 2.72 bits per heavy atom. The molecule has 1 saturated heterocycles. The van der Waals surface area contributed by atoms with E-state index in [1.807, 2.05) is 48.5 Å². The first kappa shape index (κ1) is 18.2. The molecular formula is C21H18N4O2S2. The molecule has 0 aliphatic carbocycles. The molecule has 0 bridgehead atoms. The van der Waals surface area contributed by atoms with Gasteiger partial charge in [0.25, 0.3) is 5.91 Å². The van der Waals surface area contributed by atoms with Crippen LogP contribution in [0.3, 0.4) is 0 Å². The summed E-state index contributed by atoms with van der Waals surface area (Å²) < 4.78 is 6.46. The number of carbonyl (C=O) groups excluding carboxylic acids is 1. The highest BCUT2D eigenvalue weighted by Crippen LogP contribution is 2.31. The number of hydrogen-bond acceptors (Lipinski definition) is 7. The molecule has 29 heavy (non-hydrogen) atoms. The molecule has 0 atom stereocenters. The van der Waals surface area contributed by atoms with Crippen LogP contribution >= 0.6 is 22.7 Å². The van der Waals surface area contributed by atoms with Gasteiger partial charge in [-0.3, -0.25) is 4.79 Å². The van der Waals surface area contributed by atoms with Crippen molar-refractivity contribution in [1.29, 1.82) is 0 Å². The summed E-state index contributed by atoms with van der Waals surface area (Å²) in [6.07, 6.45) is 0. The van der Waals surface area contributed by atoms with Crippen molar-refractivity contribution in [2.45, 2.75) is 0 Å². The van der Waals surface area contributed by atoms with Gasteiger partial charge in [-0.2, -0.15) is 0 Å². The lowest BCUT2D eigenvalue weighted by atomic mass is 10.2. The first-order valence-electron chi connectivity index (χ1n) is 9.32. The Morgan fingerprint density at radius 1 is 1.07 bits per heavy atom. The average Bonchev–Trinajstić information content (AvgIpc) is 3.42. The van der Waals surface area contributed by atoms with Crippen molar-refractivity contribution in [2.75, 3.05) is 36.5 Å². The van der Waals surface area contributed by atoms with Crippen LogP contribution in [0.15, 0.2) is 53.9 Å². The maximum Gasteiger partial charge on any atom is 0.275 e. The van der Waals surface area contributed by atoms with Crippen molar-refractivity contribution >= 4 is 49.6 Å². The fourth-order valence-electron chi connectivity index (χ4n) is 3.17. The molecule has 4 aromatic rings. The van der Waals surface area contributed by atoms with Crippen molar-refractivity contribution in [3.63, 3.8) is 0 Å². The number of carbonyl (C=O) groups is 1. The summed E-state index contributed by atoms with van der Waals surface area (Å²) in [6.45, 7) is 3.18. The summed E-state index contributed by atoms with van der Waals surface area (Å²) >= 11 is 3.10. The number of anilines is 2. The van der Waals surface area contributed by atoms with Crippen LogP contribution in [0, 0.1) is 0 Å². The predicted octanol–water partition coefficient (Wildman–Crippen LogP) is 4.51. The molecule has 1 fully saturated rings. The normalized spacial score (nSPS) is 14.3. The number of benzene rings is 2. The lowest BCUT2D eigenvalue weighted by Gasteiger charge is -2.25. The van der Waals surface area contributed by atoms with Gasteiger partial charge < -0.3 is 15.0 Å². The quantitative estimate of drug-likeness (QED) is 0.524. The van der Waals surface area contributed by atoms with Gasteiger partial charge in [0.15, 0.2) is 5.13 Å². The highest BCUT2D eigenvalue weighted by atomic mass is 32.1. The third kappa shape index (κ3) is 3.87. The lowest BCUT2D eigenvalue weighted by Crippen LogP contribution is -2.36. The predicted molar refractivity (Wildman–Crippen MR) is 118 cm³/mol. The van der Waals surface area contributed by atoms with Crippen molar-refractivity contribution in [1.82, 2.24) is 9.97 Å². The lowest BCUT2D eigenvalue weighted by molar-refractivity contribution is 0.102. The number of nitrogens with one attached hydrogen (secondary N) is 1. The van der Waals surface area contributed by atoms with Crippen LogP contribution < -0.4 is 10.2 Å². The Hall–Kier alpha value is -2.81. The fourth-order valence-corrected chi connectivity index (χ4v) is 5.03. The first-order valence-corrected chi connectivity index (χ1v) is 11.0. The van der Waals surface area contributed by atoms with Crippen molar-refractivity contribution < 1.29 is 9.53 Å². The molecule has 0 radical (unpaired) electrons. The van der Waals surface area contributed by atoms with Crippen molar-refractivity contribution in [3.8, 4) is 10.6 Å². The first-order chi connectivity index (χ1) is 14.3. The van der Waals surface area contributed by atoms with Crippen LogP contribution in [0.2, 0.25) is 0 Å². The molecule has 1 amide bonds. The van der Waals surface area contributed by atoms with Gasteiger partial charge in [0.2, 0.25) is 0 Å². The number of amides is 1. The molecule has 0 saturated carbocycles. The van der Waals surface area contributed by atoms with E-state index in [4.69, 9.17) is 9.72 Å². The number of aromatic nitrogens is 2. The summed E-state index contributed by atoms with van der Waals surface area (Å²) in [5.41, 5.74) is 3.12. The zero-order chi connectivity index (χ0) is 19.6. The van der Waals surface area contributed by atoms with Gasteiger partial charge in [0, 0.05) is 29.7 Å². The summed E-state index contributed by atoms with van der Waals surface area (Å²) in [4.78, 5) is 24.1. The van der Waals surface area contributed by atoms with E-state index >= 15 is 0 Å². The Bertz CT molecular complexity index is 1150. The van der Waals surface area contributed by atoms with E-state index in [1.165, 1.54) is 11.3 Å². The zero-order valence-electron chi connectivity index (χ0n) is 15.5. The van der Waals surface area contributed by atoms with Crippen LogP contribution in [0.1, 0.15) is 10.5 Å². The largest absolute Gasteiger partial charge is 0.378 e. The summed E-state index contributed by atoms with van der Waals surface area (Å²) in [5.74, 6) is -0.208. The van der Waals surface area contributed by atoms with E-state index in [1.54, 1.807) is 16.7 Å². The highest BCUT2D eigenvalue weighted by Gasteiger charge is 2.16. The average molecular weight is 423 g/mol. The fraction of sp³-hybridized carbons (Fsp3) is 0.190. The Morgan fingerprint density at radius 2 is 1.90 bits per heavy atom. The number of ether oxygens (including phenoxy) is 1. The van der Waals surface area contributed by atoms with Crippen molar-refractivity contribution in [3.05, 3.63) is 59.6 Å². The molecule has 5 rings (SSSR count). The van der Waals surface area contributed by atoms with Crippen LogP contribution in [-0.2, 0) is 4.74 Å². The second kappa shape index (κ2) is 7.90. The van der Waals surface area contributed by atoms with Crippen LogP contribution in [0.5, 0.6) is 0 Å². The topological polar surface area (TPSA) is 67.4 Å². The highest BCUT2D eigenvalue weighted by molar-refractivity contribution is 7.22. The van der Waals surface area contributed by atoms with Crippen LogP contribution in [-0.4, -0.2) is 42.2 Å². The number of morpholine rings is 1. The van der Waals surface area contributed by atoms with E-state index in [-0.39, 0.29) is 5.91 Å². The summed E-state index contributed by atoms with van der Waals surface area (Å²) in [6, 6.07) is 15.7. The molecular weight excluding hydrogens is 404 g/mol. The number of thiazole rings is 2. The van der Waals surface area contributed by atoms with E-state index in [0.717, 1.165) is 57.9 Å². The monoisotopic (exact) mass is 422 g/mol. The van der Waals surface area contributed by atoms with Gasteiger partial charge in [-0.15, -0.1) is 11.3 Å². The zero-order valence-corrected chi connectivity index (χ0v) is 17.1. The molecule has 6 nitrogen and oxygen atoms in total. The van der Waals surface area contributed by atoms with Gasteiger partial charge >= 0.3 is 0 Å². The standard InChI is InChI=1S/C21H18N4O2S2/c26-19(17-13-28-20(23-17)14-4-2-1-3-5-14)22-15-6-7-16-18(12-15)29-21(24-16)25-8-10-27-11-9-25/h1-7,12-13H,8-11H2,(H,22,26). The smallest absolute Gasteiger partial charge is 0.275 e. The molecule has 2 aromatic carbocycles. The van der Waals surface area contributed by atoms with E-state index < -0.39 is 0 Å². The minimum Gasteiger partial charge on any atom is -0.378 e. The maximum absolute atomic E-state index is 12.6. The van der Waals surface area contributed by atoms with Gasteiger partial charge in [-0.05, 0) is 18.2 Å². The third-order valence-electron chi connectivity index (χ3n) is 4.67. The molecule has 1 aliphatic rings. The molecule has 1 aliphatic heterocycles. The van der Waals surface area contributed by atoms with Gasteiger partial charge in [0.1, 0.15) is 10.7 Å². The SMILES string of the molecule is O=C(Nc1ccc2nc(N3CCOCC3)sc2c1)c1csc(-c2ccccc2)n1. The summed E-state index contributed by atoms with van der Waals surface area (Å²) in [5, 5.41) is 6.58. The molecule has 3 heterocycles. The molecule has 2 aromatic heterocycles. The molecule has 0 spiro atoms. The van der Waals surface area contributed by atoms with Gasteiger partial charge in [-0.1, -0.05) is 41.7 Å². The number of nitrogens with zero attached hydrogens (tertiary/aromatic N) is 3. The minimum atomic E-state index is -0.208. The maximum atomic E-state index is 12.6. The van der Waals surface area contributed by atoms with Crippen LogP contribution in [0.25, 0.3) is 20.8 Å². The minimum absolute atomic E-state index is 0.208. The number of fused-ring (bicyclic) bond motifs is 1. The van der Waals surface area contributed by atoms with E-state index in [2.05, 4.69) is 15.2 Å².